The number of nitrogens with zero attached hydrogens (tertiary/aromatic N) is 3. The molecule has 1 unspecified atom stereocenters. The van der Waals surface area contributed by atoms with Crippen molar-refractivity contribution in [1.29, 1.82) is 0 Å². The third-order valence-electron chi connectivity index (χ3n) is 5.04. The van der Waals surface area contributed by atoms with Crippen LogP contribution < -0.4 is 10.6 Å². The van der Waals surface area contributed by atoms with Crippen molar-refractivity contribution in [3.8, 4) is 0 Å². The van der Waals surface area contributed by atoms with Crippen molar-refractivity contribution < 1.29 is 9.53 Å². The summed E-state index contributed by atoms with van der Waals surface area (Å²) in [6.45, 7) is 9.01. The summed E-state index contributed by atoms with van der Waals surface area (Å²) in [4.78, 5) is 23.2. The zero-order valence-corrected chi connectivity index (χ0v) is 15.8. The van der Waals surface area contributed by atoms with E-state index in [9.17, 15) is 4.79 Å². The Labute approximate surface area is 155 Å². The number of guanidine groups is 1. The summed E-state index contributed by atoms with van der Waals surface area (Å²) in [5.41, 5.74) is 1.36. The molecule has 2 N–H and O–H groups in total. The van der Waals surface area contributed by atoms with Gasteiger partial charge in [-0.25, -0.2) is 4.98 Å². The molecule has 1 atom stereocenters. The molecule has 0 aliphatic carbocycles. The summed E-state index contributed by atoms with van der Waals surface area (Å²) in [5.74, 6) is 1.42. The lowest BCUT2D eigenvalue weighted by molar-refractivity contribution is -0.116. The van der Waals surface area contributed by atoms with Crippen molar-refractivity contribution in [2.24, 2.45) is 10.4 Å². The van der Waals surface area contributed by atoms with E-state index in [2.05, 4.69) is 32.4 Å². The fourth-order valence-electron chi connectivity index (χ4n) is 3.52. The van der Waals surface area contributed by atoms with Crippen LogP contribution in [-0.4, -0.2) is 61.1 Å². The number of aliphatic imine (C=N–C) groups is 1. The number of aryl methyl sites for hydroxylation is 1. The highest BCUT2D eigenvalue weighted by Gasteiger charge is 2.42. The molecule has 3 heterocycles. The summed E-state index contributed by atoms with van der Waals surface area (Å²) in [7, 11) is 0. The van der Waals surface area contributed by atoms with Crippen LogP contribution in [0.5, 0.6) is 0 Å². The maximum Gasteiger partial charge on any atom is 0.227 e. The number of amides is 1. The topological polar surface area (TPSA) is 78.8 Å². The van der Waals surface area contributed by atoms with Crippen LogP contribution in [0, 0.1) is 12.3 Å². The fourth-order valence-corrected chi connectivity index (χ4v) is 3.52. The number of hydrogen-bond donors (Lipinski definition) is 2. The number of nitrogens with one attached hydrogen (secondary N) is 2. The molecule has 2 aliphatic rings. The highest BCUT2D eigenvalue weighted by atomic mass is 16.5. The molecule has 3 rings (SSSR count). The Hall–Kier alpha value is -2.15. The Morgan fingerprint density at radius 2 is 2.31 bits per heavy atom. The molecular formula is C19H29N5O2. The van der Waals surface area contributed by atoms with Gasteiger partial charge < -0.3 is 20.3 Å². The number of carbonyl (C=O) groups is 1. The SMILES string of the molecule is CCNC(=NCCC(=O)Nc1ccc(C)cn1)N1CCC2(CCOC2)C1. The molecule has 2 fully saturated rings. The van der Waals surface area contributed by atoms with Gasteiger partial charge in [-0.05, 0) is 38.3 Å². The zero-order chi connectivity index (χ0) is 18.4. The largest absolute Gasteiger partial charge is 0.381 e. The summed E-state index contributed by atoms with van der Waals surface area (Å²) in [6.07, 6.45) is 4.37. The third kappa shape index (κ3) is 4.72. The van der Waals surface area contributed by atoms with Gasteiger partial charge in [-0.2, -0.15) is 0 Å². The van der Waals surface area contributed by atoms with Gasteiger partial charge in [0.15, 0.2) is 5.96 Å². The quantitative estimate of drug-likeness (QED) is 0.619. The van der Waals surface area contributed by atoms with Gasteiger partial charge in [-0.3, -0.25) is 9.79 Å². The second-order valence-electron chi connectivity index (χ2n) is 7.23. The van der Waals surface area contributed by atoms with Crippen LogP contribution in [0.2, 0.25) is 0 Å². The number of aromatic nitrogens is 1. The Morgan fingerprint density at radius 3 is 3.00 bits per heavy atom. The number of anilines is 1. The van der Waals surface area contributed by atoms with Gasteiger partial charge in [-0.1, -0.05) is 6.07 Å². The van der Waals surface area contributed by atoms with Gasteiger partial charge in [-0.15, -0.1) is 0 Å². The smallest absolute Gasteiger partial charge is 0.227 e. The lowest BCUT2D eigenvalue weighted by Gasteiger charge is -2.24. The van der Waals surface area contributed by atoms with Crippen LogP contribution in [0.3, 0.4) is 0 Å². The van der Waals surface area contributed by atoms with E-state index in [0.717, 1.165) is 57.2 Å². The summed E-state index contributed by atoms with van der Waals surface area (Å²) >= 11 is 0. The summed E-state index contributed by atoms with van der Waals surface area (Å²) in [5, 5.41) is 6.17. The summed E-state index contributed by atoms with van der Waals surface area (Å²) < 4.78 is 5.60. The molecule has 7 nitrogen and oxygen atoms in total. The van der Waals surface area contributed by atoms with Crippen LogP contribution in [0.4, 0.5) is 5.82 Å². The molecule has 0 radical (unpaired) electrons. The molecule has 1 spiro atoms. The molecule has 7 heteroatoms. The minimum atomic E-state index is -0.0666. The number of carbonyl (C=O) groups excluding carboxylic acids is 1. The van der Waals surface area contributed by atoms with E-state index in [4.69, 9.17) is 4.74 Å². The lowest BCUT2D eigenvalue weighted by Crippen LogP contribution is -2.41. The van der Waals surface area contributed by atoms with E-state index in [-0.39, 0.29) is 5.91 Å². The molecule has 1 amide bonds. The first-order valence-corrected chi connectivity index (χ1v) is 9.44. The van der Waals surface area contributed by atoms with Gasteiger partial charge >= 0.3 is 0 Å². The first-order chi connectivity index (χ1) is 12.6. The van der Waals surface area contributed by atoms with Gasteiger partial charge in [0, 0.05) is 44.3 Å². The highest BCUT2D eigenvalue weighted by Crippen LogP contribution is 2.38. The second kappa shape index (κ2) is 8.49. The van der Waals surface area contributed by atoms with Gasteiger partial charge in [0.1, 0.15) is 5.82 Å². The van der Waals surface area contributed by atoms with Gasteiger partial charge in [0.2, 0.25) is 5.91 Å². The molecule has 0 saturated carbocycles. The maximum atomic E-state index is 12.1. The Morgan fingerprint density at radius 1 is 1.42 bits per heavy atom. The van der Waals surface area contributed by atoms with Gasteiger partial charge in [0.05, 0.1) is 13.2 Å². The van der Waals surface area contributed by atoms with Crippen LogP contribution in [0.1, 0.15) is 31.7 Å². The van der Waals surface area contributed by atoms with E-state index in [1.807, 2.05) is 19.1 Å². The Kier molecular flexibility index (Phi) is 6.08. The van der Waals surface area contributed by atoms with E-state index in [0.29, 0.717) is 24.2 Å². The fraction of sp³-hybridized carbons (Fsp3) is 0.632. The number of likely N-dealkylation sites (tertiary alicyclic amines) is 1. The van der Waals surface area contributed by atoms with Crippen molar-refractivity contribution in [3.05, 3.63) is 23.9 Å². The van der Waals surface area contributed by atoms with Crippen molar-refractivity contribution in [2.45, 2.75) is 33.1 Å². The number of ether oxygens (including phenoxy) is 1. The van der Waals surface area contributed by atoms with E-state index in [1.165, 1.54) is 0 Å². The maximum absolute atomic E-state index is 12.1. The minimum absolute atomic E-state index is 0.0666. The zero-order valence-electron chi connectivity index (χ0n) is 15.8. The third-order valence-corrected chi connectivity index (χ3v) is 5.04. The van der Waals surface area contributed by atoms with Crippen molar-refractivity contribution >= 4 is 17.7 Å². The van der Waals surface area contributed by atoms with Crippen molar-refractivity contribution in [2.75, 3.05) is 44.7 Å². The van der Waals surface area contributed by atoms with Gasteiger partial charge in [0.25, 0.3) is 0 Å². The van der Waals surface area contributed by atoms with Crippen molar-refractivity contribution in [1.82, 2.24) is 15.2 Å². The normalized spacial score (nSPS) is 22.8. The standard InChI is InChI=1S/C19H29N5O2/c1-3-20-18(24-10-7-19(13-24)8-11-26-14-19)21-9-6-17(25)23-16-5-4-15(2)12-22-16/h4-5,12H,3,6-11,13-14H2,1-2H3,(H,20,21)(H,22,23,25). The predicted molar refractivity (Wildman–Crippen MR) is 102 cm³/mol. The highest BCUT2D eigenvalue weighted by molar-refractivity contribution is 5.90. The first-order valence-electron chi connectivity index (χ1n) is 9.44. The van der Waals surface area contributed by atoms with Crippen LogP contribution in [0.25, 0.3) is 0 Å². The molecule has 26 heavy (non-hydrogen) atoms. The van der Waals surface area contributed by atoms with E-state index in [1.54, 1.807) is 6.20 Å². The monoisotopic (exact) mass is 359 g/mol. The second-order valence-corrected chi connectivity index (χ2v) is 7.23. The average molecular weight is 359 g/mol. The molecular weight excluding hydrogens is 330 g/mol. The molecule has 2 saturated heterocycles. The summed E-state index contributed by atoms with van der Waals surface area (Å²) in [6, 6.07) is 3.74. The van der Waals surface area contributed by atoms with Crippen LogP contribution >= 0.6 is 0 Å². The number of hydrogen-bond acceptors (Lipinski definition) is 4. The Balaban J connectivity index is 1.51. The lowest BCUT2D eigenvalue weighted by atomic mass is 9.87. The molecule has 0 bridgehead atoms. The van der Waals surface area contributed by atoms with Crippen LogP contribution in [-0.2, 0) is 9.53 Å². The average Bonchev–Trinajstić information content (AvgIpc) is 3.26. The molecule has 1 aromatic heterocycles. The molecule has 1 aromatic rings. The molecule has 142 valence electrons. The van der Waals surface area contributed by atoms with Crippen molar-refractivity contribution in [3.63, 3.8) is 0 Å². The Bertz CT molecular complexity index is 638. The first kappa shape index (κ1) is 18.6. The molecule has 2 aliphatic heterocycles. The minimum Gasteiger partial charge on any atom is -0.381 e. The number of rotatable bonds is 5. The van der Waals surface area contributed by atoms with Crippen LogP contribution in [0.15, 0.2) is 23.3 Å². The predicted octanol–water partition coefficient (Wildman–Crippen LogP) is 1.80. The number of pyridine rings is 1. The van der Waals surface area contributed by atoms with E-state index >= 15 is 0 Å². The van der Waals surface area contributed by atoms with E-state index < -0.39 is 0 Å². The molecule has 0 aromatic carbocycles.